The summed E-state index contributed by atoms with van der Waals surface area (Å²) >= 11 is 6.35. The molecule has 5 nitrogen and oxygen atoms in total. The lowest BCUT2D eigenvalue weighted by molar-refractivity contribution is -0.0190. The molecule has 0 aromatic heterocycles. The number of halogens is 1. The normalized spacial score (nSPS) is 19.0. The van der Waals surface area contributed by atoms with Gasteiger partial charge in [0.1, 0.15) is 5.75 Å². The van der Waals surface area contributed by atoms with E-state index in [1.54, 1.807) is 14.2 Å². The van der Waals surface area contributed by atoms with Crippen LogP contribution in [0.3, 0.4) is 0 Å². The molecule has 0 amide bonds. The molecule has 3 aromatic carbocycles. The summed E-state index contributed by atoms with van der Waals surface area (Å²) in [5.74, 6) is 2.70. The Balaban J connectivity index is 1.56. The van der Waals surface area contributed by atoms with E-state index in [1.165, 1.54) is 5.56 Å². The number of hydrogen-bond donors (Lipinski definition) is 0. The molecule has 0 saturated heterocycles. The number of hydrogen-bond acceptors (Lipinski definition) is 5. The Morgan fingerprint density at radius 3 is 2.42 bits per heavy atom. The number of nitrogens with zero attached hydrogens (tertiary/aromatic N) is 2. The molecule has 2 aliphatic rings. The molecule has 0 unspecified atom stereocenters. The van der Waals surface area contributed by atoms with Gasteiger partial charge in [-0.1, -0.05) is 49.7 Å². The van der Waals surface area contributed by atoms with Crippen LogP contribution in [0.15, 0.2) is 65.8 Å². The van der Waals surface area contributed by atoms with Crippen LogP contribution in [0, 0.1) is 0 Å². The molecule has 33 heavy (non-hydrogen) atoms. The van der Waals surface area contributed by atoms with Gasteiger partial charge in [0, 0.05) is 28.1 Å². The molecule has 2 aliphatic heterocycles. The Kier molecular flexibility index (Phi) is 5.67. The monoisotopic (exact) mass is 462 g/mol. The molecular weight excluding hydrogens is 436 g/mol. The molecule has 0 N–H and O–H groups in total. The second-order valence-electron chi connectivity index (χ2n) is 8.69. The van der Waals surface area contributed by atoms with E-state index in [0.29, 0.717) is 22.4 Å². The summed E-state index contributed by atoms with van der Waals surface area (Å²) in [6.45, 7) is 4.39. The zero-order valence-electron chi connectivity index (χ0n) is 19.2. The minimum absolute atomic E-state index is 0.0327. The van der Waals surface area contributed by atoms with E-state index >= 15 is 0 Å². The highest BCUT2D eigenvalue weighted by molar-refractivity contribution is 6.30. The van der Waals surface area contributed by atoms with Crippen LogP contribution in [0.1, 0.15) is 60.7 Å². The van der Waals surface area contributed by atoms with Crippen LogP contribution >= 0.6 is 11.6 Å². The Morgan fingerprint density at radius 2 is 1.73 bits per heavy atom. The lowest BCUT2D eigenvalue weighted by Gasteiger charge is -2.38. The smallest absolute Gasteiger partial charge is 0.213 e. The summed E-state index contributed by atoms with van der Waals surface area (Å²) in [6, 6.07) is 20.4. The number of rotatable bonds is 5. The Bertz CT molecular complexity index is 1210. The topological polar surface area (TPSA) is 43.3 Å². The van der Waals surface area contributed by atoms with Crippen molar-refractivity contribution in [1.29, 1.82) is 0 Å². The van der Waals surface area contributed by atoms with Crippen LogP contribution < -0.4 is 14.2 Å². The lowest BCUT2D eigenvalue weighted by atomic mass is 9.95. The third-order valence-corrected chi connectivity index (χ3v) is 6.59. The van der Waals surface area contributed by atoms with Crippen molar-refractivity contribution in [2.75, 3.05) is 14.2 Å². The summed E-state index contributed by atoms with van der Waals surface area (Å²) in [6.07, 6.45) is 0.426. The molecule has 0 radical (unpaired) electrons. The van der Waals surface area contributed by atoms with Gasteiger partial charge in [0.15, 0.2) is 11.5 Å². The second-order valence-corrected chi connectivity index (χ2v) is 9.13. The van der Waals surface area contributed by atoms with Crippen molar-refractivity contribution in [1.82, 2.24) is 5.01 Å². The molecular formula is C27H27ClN2O3. The summed E-state index contributed by atoms with van der Waals surface area (Å²) in [5, 5.41) is 7.80. The van der Waals surface area contributed by atoms with Crippen LogP contribution in [0.5, 0.6) is 17.2 Å². The predicted molar refractivity (Wildman–Crippen MR) is 131 cm³/mol. The van der Waals surface area contributed by atoms with Crippen LogP contribution in [0.25, 0.3) is 0 Å². The minimum Gasteiger partial charge on any atom is -0.493 e. The molecule has 2 heterocycles. The summed E-state index contributed by atoms with van der Waals surface area (Å²) in [7, 11) is 3.28. The average Bonchev–Trinajstić information content (AvgIpc) is 3.29. The minimum atomic E-state index is -0.317. The first-order valence-electron chi connectivity index (χ1n) is 11.1. The zero-order valence-corrected chi connectivity index (χ0v) is 20.0. The van der Waals surface area contributed by atoms with Gasteiger partial charge in [0.2, 0.25) is 6.23 Å². The van der Waals surface area contributed by atoms with E-state index < -0.39 is 0 Å². The van der Waals surface area contributed by atoms with Crippen molar-refractivity contribution < 1.29 is 14.2 Å². The quantitative estimate of drug-likeness (QED) is 0.422. The first-order chi connectivity index (χ1) is 16.0. The van der Waals surface area contributed by atoms with E-state index in [9.17, 15) is 0 Å². The highest BCUT2D eigenvalue weighted by Crippen LogP contribution is 2.48. The SMILES string of the molecule is COc1ccc(C2=NN3[C@H](C2)c2cc(Cl)ccc2O[C@H]3c2ccc(C(C)C)cc2)cc1OC. The van der Waals surface area contributed by atoms with Gasteiger partial charge in [-0.2, -0.15) is 5.10 Å². The number of methoxy groups -OCH3 is 2. The van der Waals surface area contributed by atoms with Crippen molar-refractivity contribution in [2.24, 2.45) is 5.10 Å². The number of ether oxygens (including phenoxy) is 3. The maximum Gasteiger partial charge on any atom is 0.213 e. The first-order valence-corrected chi connectivity index (χ1v) is 11.5. The Labute approximate surface area is 199 Å². The molecule has 170 valence electrons. The standard InChI is InChI=1S/C27H27ClN2O3/c1-16(2)17-5-7-18(8-6-17)27-30-23(21-14-20(28)10-12-24(21)33-27)15-22(29-30)19-9-11-25(31-3)26(13-19)32-4/h5-14,16,23,27H,15H2,1-4H3/t23-,27+/m1/s1. The molecule has 0 aliphatic carbocycles. The van der Waals surface area contributed by atoms with E-state index in [0.717, 1.165) is 34.6 Å². The molecule has 3 aromatic rings. The van der Waals surface area contributed by atoms with Crippen molar-refractivity contribution in [3.63, 3.8) is 0 Å². The predicted octanol–water partition coefficient (Wildman–Crippen LogP) is 6.72. The number of hydrazone groups is 1. The van der Waals surface area contributed by atoms with Gasteiger partial charge in [-0.15, -0.1) is 0 Å². The molecule has 2 atom stereocenters. The molecule has 0 fully saturated rings. The van der Waals surface area contributed by atoms with Gasteiger partial charge >= 0.3 is 0 Å². The fourth-order valence-electron chi connectivity index (χ4n) is 4.51. The third-order valence-electron chi connectivity index (χ3n) is 6.36. The lowest BCUT2D eigenvalue weighted by Crippen LogP contribution is -2.33. The van der Waals surface area contributed by atoms with Gasteiger partial charge in [-0.05, 0) is 47.9 Å². The van der Waals surface area contributed by atoms with Gasteiger partial charge < -0.3 is 14.2 Å². The summed E-state index contributed by atoms with van der Waals surface area (Å²) in [4.78, 5) is 0. The van der Waals surface area contributed by atoms with Crippen LogP contribution in [0.4, 0.5) is 0 Å². The van der Waals surface area contributed by atoms with E-state index in [-0.39, 0.29) is 12.3 Å². The van der Waals surface area contributed by atoms with E-state index in [1.807, 2.05) is 36.4 Å². The molecule has 0 saturated carbocycles. The maximum atomic E-state index is 6.47. The second kappa shape index (κ2) is 8.64. The highest BCUT2D eigenvalue weighted by atomic mass is 35.5. The fourth-order valence-corrected chi connectivity index (χ4v) is 4.69. The number of benzene rings is 3. The summed E-state index contributed by atoms with van der Waals surface area (Å²) in [5.41, 5.74) is 5.40. The molecule has 0 spiro atoms. The van der Waals surface area contributed by atoms with Gasteiger partial charge in [-0.3, -0.25) is 0 Å². The van der Waals surface area contributed by atoms with Crippen LogP contribution in [0.2, 0.25) is 5.02 Å². The third kappa shape index (κ3) is 3.91. The maximum absolute atomic E-state index is 6.47. The van der Waals surface area contributed by atoms with E-state index in [4.69, 9.17) is 30.9 Å². The molecule has 6 heteroatoms. The highest BCUT2D eigenvalue weighted by Gasteiger charge is 2.41. The number of fused-ring (bicyclic) bond motifs is 3. The Hall–Kier alpha value is -3.18. The van der Waals surface area contributed by atoms with Crippen LogP contribution in [-0.2, 0) is 0 Å². The van der Waals surface area contributed by atoms with Crippen LogP contribution in [-0.4, -0.2) is 24.9 Å². The van der Waals surface area contributed by atoms with Crippen molar-refractivity contribution >= 4 is 17.3 Å². The van der Waals surface area contributed by atoms with Gasteiger partial charge in [0.25, 0.3) is 0 Å². The molecule has 5 rings (SSSR count). The molecule has 0 bridgehead atoms. The van der Waals surface area contributed by atoms with Crippen molar-refractivity contribution in [2.45, 2.75) is 38.5 Å². The van der Waals surface area contributed by atoms with Crippen molar-refractivity contribution in [3.05, 3.63) is 87.9 Å². The van der Waals surface area contributed by atoms with E-state index in [2.05, 4.69) is 43.1 Å². The average molecular weight is 463 g/mol. The van der Waals surface area contributed by atoms with Crippen molar-refractivity contribution in [3.8, 4) is 17.2 Å². The largest absolute Gasteiger partial charge is 0.493 e. The first kappa shape index (κ1) is 21.7. The van der Waals surface area contributed by atoms with Gasteiger partial charge in [0.05, 0.1) is 26.0 Å². The van der Waals surface area contributed by atoms with Gasteiger partial charge in [-0.25, -0.2) is 5.01 Å². The Morgan fingerprint density at radius 1 is 0.970 bits per heavy atom. The fraction of sp³-hybridized carbons (Fsp3) is 0.296. The zero-order chi connectivity index (χ0) is 23.1. The summed E-state index contributed by atoms with van der Waals surface area (Å²) < 4.78 is 17.4.